The first-order chi connectivity index (χ1) is 10.6. The van der Waals surface area contributed by atoms with E-state index in [1.54, 1.807) is 36.5 Å². The van der Waals surface area contributed by atoms with E-state index in [0.717, 1.165) is 11.3 Å². The molecule has 0 radical (unpaired) electrons. The van der Waals surface area contributed by atoms with Gasteiger partial charge < -0.3 is 4.90 Å². The van der Waals surface area contributed by atoms with Crippen LogP contribution in [0.15, 0.2) is 58.7 Å². The van der Waals surface area contributed by atoms with Gasteiger partial charge >= 0.3 is 0 Å². The van der Waals surface area contributed by atoms with Crippen LogP contribution in [-0.2, 0) is 0 Å². The van der Waals surface area contributed by atoms with Crippen molar-refractivity contribution in [3.8, 4) is 0 Å². The van der Waals surface area contributed by atoms with Gasteiger partial charge in [0.25, 0.3) is 0 Å². The Labute approximate surface area is 138 Å². The van der Waals surface area contributed by atoms with Crippen molar-refractivity contribution >= 4 is 34.6 Å². The molecule has 1 aliphatic heterocycles. The summed E-state index contributed by atoms with van der Waals surface area (Å²) < 4.78 is 14.2. The molecule has 5 heteroatoms. The van der Waals surface area contributed by atoms with Crippen LogP contribution in [0.4, 0.5) is 10.1 Å². The van der Waals surface area contributed by atoms with E-state index in [0.29, 0.717) is 27.9 Å². The van der Waals surface area contributed by atoms with Crippen molar-refractivity contribution in [2.24, 2.45) is 4.99 Å². The maximum absolute atomic E-state index is 14.2. The van der Waals surface area contributed by atoms with Gasteiger partial charge in [-0.05, 0) is 30.3 Å². The first-order valence-corrected chi connectivity index (χ1v) is 7.50. The average molecular weight is 335 g/mol. The molecule has 0 aliphatic carbocycles. The number of benzene rings is 2. The number of hydrogen-bond donors (Lipinski definition) is 0. The Morgan fingerprint density at radius 2 is 1.86 bits per heavy atom. The Kier molecular flexibility index (Phi) is 4.19. The lowest BCUT2D eigenvalue weighted by Crippen LogP contribution is -2.23. The molecule has 0 amide bonds. The Morgan fingerprint density at radius 1 is 1.09 bits per heavy atom. The molecule has 0 unspecified atom stereocenters. The van der Waals surface area contributed by atoms with Gasteiger partial charge in [-0.15, -0.1) is 0 Å². The van der Waals surface area contributed by atoms with Crippen LogP contribution >= 0.6 is 23.2 Å². The summed E-state index contributed by atoms with van der Waals surface area (Å²) in [5, 5.41) is 1.16. The summed E-state index contributed by atoms with van der Waals surface area (Å²) in [7, 11) is 1.92. The van der Waals surface area contributed by atoms with Gasteiger partial charge in [-0.1, -0.05) is 35.3 Å². The zero-order valence-corrected chi connectivity index (χ0v) is 13.4. The van der Waals surface area contributed by atoms with Gasteiger partial charge in [0, 0.05) is 35.1 Å². The number of anilines is 1. The van der Waals surface area contributed by atoms with E-state index in [4.69, 9.17) is 23.2 Å². The molecule has 0 bridgehead atoms. The highest BCUT2D eigenvalue weighted by molar-refractivity contribution is 6.32. The summed E-state index contributed by atoms with van der Waals surface area (Å²) in [6.07, 6.45) is 1.56. The van der Waals surface area contributed by atoms with Gasteiger partial charge in [0.2, 0.25) is 0 Å². The van der Waals surface area contributed by atoms with Crippen LogP contribution in [0.1, 0.15) is 11.1 Å². The standard InChI is InChI=1S/C17H13Cl2FN2/c1-22-10-12(19)9-21-17(13-4-2-3-5-15(13)20)14-8-11(18)6-7-16(14)22/h2-9H,10H2,1H3. The minimum absolute atomic E-state index is 0.333. The van der Waals surface area contributed by atoms with Gasteiger partial charge in [0.05, 0.1) is 17.3 Å². The fourth-order valence-electron chi connectivity index (χ4n) is 2.46. The largest absolute Gasteiger partial charge is 0.369 e. The van der Waals surface area contributed by atoms with Crippen LogP contribution in [0.5, 0.6) is 0 Å². The van der Waals surface area contributed by atoms with E-state index in [2.05, 4.69) is 4.99 Å². The average Bonchev–Trinajstić information content (AvgIpc) is 2.48. The fourth-order valence-corrected chi connectivity index (χ4v) is 2.86. The normalized spacial score (nSPS) is 14.6. The highest BCUT2D eigenvalue weighted by Crippen LogP contribution is 2.29. The van der Waals surface area contributed by atoms with E-state index in [9.17, 15) is 4.39 Å². The first-order valence-electron chi connectivity index (χ1n) is 6.74. The van der Waals surface area contributed by atoms with Crippen molar-refractivity contribution in [3.05, 3.63) is 75.7 Å². The van der Waals surface area contributed by atoms with Crippen LogP contribution < -0.4 is 4.90 Å². The van der Waals surface area contributed by atoms with Gasteiger partial charge in [-0.3, -0.25) is 4.99 Å². The Morgan fingerprint density at radius 3 is 2.64 bits per heavy atom. The Bertz CT molecular complexity index is 784. The Balaban J connectivity index is 2.29. The van der Waals surface area contributed by atoms with Crippen LogP contribution in [-0.4, -0.2) is 19.3 Å². The molecule has 2 aromatic rings. The van der Waals surface area contributed by atoms with Crippen LogP contribution in [0.25, 0.3) is 0 Å². The van der Waals surface area contributed by atoms with E-state index >= 15 is 0 Å². The zero-order valence-electron chi connectivity index (χ0n) is 11.9. The summed E-state index contributed by atoms with van der Waals surface area (Å²) in [5.74, 6) is -0.333. The number of aliphatic imine (C=N–C) groups is 1. The third kappa shape index (κ3) is 2.87. The Hall–Kier alpha value is -1.84. The predicted octanol–water partition coefficient (Wildman–Crippen LogP) is 4.85. The molecule has 22 heavy (non-hydrogen) atoms. The van der Waals surface area contributed by atoms with Crippen molar-refractivity contribution < 1.29 is 4.39 Å². The second-order valence-electron chi connectivity index (χ2n) is 5.05. The van der Waals surface area contributed by atoms with Crippen molar-refractivity contribution in [2.45, 2.75) is 0 Å². The van der Waals surface area contributed by atoms with E-state index in [1.165, 1.54) is 6.07 Å². The molecular formula is C17H13Cl2FN2. The maximum atomic E-state index is 14.2. The van der Waals surface area contributed by atoms with E-state index in [1.807, 2.05) is 18.0 Å². The molecule has 0 N–H and O–H groups in total. The minimum Gasteiger partial charge on any atom is -0.369 e. The molecule has 1 heterocycles. The zero-order chi connectivity index (χ0) is 15.7. The number of nitrogens with zero attached hydrogens (tertiary/aromatic N) is 2. The predicted molar refractivity (Wildman–Crippen MR) is 90.7 cm³/mol. The molecule has 112 valence electrons. The molecule has 1 aliphatic rings. The summed E-state index contributed by atoms with van der Waals surface area (Å²) >= 11 is 12.3. The van der Waals surface area contributed by atoms with E-state index in [-0.39, 0.29) is 5.82 Å². The summed E-state index contributed by atoms with van der Waals surface area (Å²) in [4.78, 5) is 6.40. The second kappa shape index (κ2) is 6.11. The molecule has 3 rings (SSSR count). The molecule has 0 saturated heterocycles. The van der Waals surface area contributed by atoms with Crippen molar-refractivity contribution in [1.82, 2.24) is 0 Å². The third-order valence-electron chi connectivity index (χ3n) is 3.48. The number of halogens is 3. The molecule has 0 spiro atoms. The van der Waals surface area contributed by atoms with Crippen LogP contribution in [0.2, 0.25) is 5.02 Å². The monoisotopic (exact) mass is 334 g/mol. The smallest absolute Gasteiger partial charge is 0.132 e. The highest BCUT2D eigenvalue weighted by atomic mass is 35.5. The van der Waals surface area contributed by atoms with Crippen LogP contribution in [0.3, 0.4) is 0 Å². The lowest BCUT2D eigenvalue weighted by molar-refractivity contribution is 0.625. The molecule has 0 aromatic heterocycles. The fraction of sp³-hybridized carbons (Fsp3) is 0.118. The maximum Gasteiger partial charge on any atom is 0.132 e. The minimum atomic E-state index is -0.333. The lowest BCUT2D eigenvalue weighted by atomic mass is 9.99. The molecule has 2 nitrogen and oxygen atoms in total. The summed E-state index contributed by atoms with van der Waals surface area (Å²) in [5.41, 5.74) is 2.61. The molecule has 0 fully saturated rings. The van der Waals surface area contributed by atoms with Gasteiger partial charge in [0.1, 0.15) is 5.82 Å². The summed E-state index contributed by atoms with van der Waals surface area (Å²) in [6.45, 7) is 0.532. The quantitative estimate of drug-likeness (QED) is 0.728. The van der Waals surface area contributed by atoms with Crippen LogP contribution in [0, 0.1) is 5.82 Å². The number of hydrogen-bond acceptors (Lipinski definition) is 2. The molecule has 2 aromatic carbocycles. The van der Waals surface area contributed by atoms with Gasteiger partial charge in [0.15, 0.2) is 0 Å². The topological polar surface area (TPSA) is 15.6 Å². The van der Waals surface area contributed by atoms with Crippen molar-refractivity contribution in [3.63, 3.8) is 0 Å². The number of fused-ring (bicyclic) bond motifs is 1. The molecule has 0 saturated carbocycles. The van der Waals surface area contributed by atoms with E-state index < -0.39 is 0 Å². The van der Waals surface area contributed by atoms with Gasteiger partial charge in [-0.25, -0.2) is 4.39 Å². The lowest BCUT2D eigenvalue weighted by Gasteiger charge is -2.24. The number of likely N-dealkylation sites (N-methyl/N-ethyl adjacent to an activating group) is 1. The third-order valence-corrected chi connectivity index (χ3v) is 3.93. The van der Waals surface area contributed by atoms with Gasteiger partial charge in [-0.2, -0.15) is 0 Å². The molecule has 0 atom stereocenters. The highest BCUT2D eigenvalue weighted by Gasteiger charge is 2.19. The molecular weight excluding hydrogens is 322 g/mol. The SMILES string of the molecule is CN1CC(Cl)=CN=C(c2ccccc2F)c2cc(Cl)ccc21. The van der Waals surface area contributed by atoms with Crippen molar-refractivity contribution in [2.75, 3.05) is 18.5 Å². The van der Waals surface area contributed by atoms with Crippen molar-refractivity contribution in [1.29, 1.82) is 0 Å². The first kappa shape index (κ1) is 15.1. The summed E-state index contributed by atoms with van der Waals surface area (Å²) in [6, 6.07) is 12.0. The second-order valence-corrected chi connectivity index (χ2v) is 5.97. The number of rotatable bonds is 1.